The third-order valence-electron chi connectivity index (χ3n) is 2.59. The van der Waals surface area contributed by atoms with Gasteiger partial charge in [-0.2, -0.15) is 0 Å². The molecule has 1 aromatic carbocycles. The van der Waals surface area contributed by atoms with Crippen molar-refractivity contribution in [2.75, 3.05) is 13.1 Å². The highest BCUT2D eigenvalue weighted by Crippen LogP contribution is 2.05. The molecule has 18 heavy (non-hydrogen) atoms. The molecule has 0 fully saturated rings. The second kappa shape index (κ2) is 7.71. The number of hydrogen-bond donors (Lipinski definition) is 3. The standard InChI is InChI=1S/C14H22N2O2/c1-11(2)9-15-10-13-5-3-12(4-6-13)7-8-16-14(17)18/h3-6,11,15-16H,7-10H2,1-2H3,(H,17,18). The lowest BCUT2D eigenvalue weighted by atomic mass is 10.1. The van der Waals surface area contributed by atoms with Gasteiger partial charge >= 0.3 is 6.09 Å². The summed E-state index contributed by atoms with van der Waals surface area (Å²) in [7, 11) is 0. The van der Waals surface area contributed by atoms with Crippen molar-refractivity contribution in [2.24, 2.45) is 5.92 Å². The molecule has 0 atom stereocenters. The van der Waals surface area contributed by atoms with Gasteiger partial charge in [0.15, 0.2) is 0 Å². The minimum atomic E-state index is -0.968. The summed E-state index contributed by atoms with van der Waals surface area (Å²) in [4.78, 5) is 10.3. The normalized spacial score (nSPS) is 10.6. The van der Waals surface area contributed by atoms with Gasteiger partial charge in [0.25, 0.3) is 0 Å². The zero-order valence-electron chi connectivity index (χ0n) is 11.1. The Kier molecular flexibility index (Phi) is 6.22. The zero-order valence-corrected chi connectivity index (χ0v) is 11.1. The van der Waals surface area contributed by atoms with Crippen molar-refractivity contribution in [2.45, 2.75) is 26.8 Å². The lowest BCUT2D eigenvalue weighted by Gasteiger charge is -2.08. The first kappa shape index (κ1) is 14.5. The van der Waals surface area contributed by atoms with Crippen molar-refractivity contribution in [1.29, 1.82) is 0 Å². The molecule has 0 aromatic heterocycles. The second-order valence-corrected chi connectivity index (χ2v) is 4.82. The number of carbonyl (C=O) groups is 1. The number of rotatable bonds is 7. The fourth-order valence-electron chi connectivity index (χ4n) is 1.64. The number of carboxylic acid groups (broad SMARTS) is 1. The highest BCUT2D eigenvalue weighted by molar-refractivity contribution is 5.64. The Balaban J connectivity index is 2.31. The first-order valence-electron chi connectivity index (χ1n) is 6.33. The van der Waals surface area contributed by atoms with E-state index in [2.05, 4.69) is 48.7 Å². The number of hydrogen-bond acceptors (Lipinski definition) is 2. The Morgan fingerprint density at radius 2 is 1.83 bits per heavy atom. The van der Waals surface area contributed by atoms with Crippen LogP contribution in [0.2, 0.25) is 0 Å². The highest BCUT2D eigenvalue weighted by Gasteiger charge is 1.98. The molecule has 1 amide bonds. The van der Waals surface area contributed by atoms with Crippen LogP contribution in [0.5, 0.6) is 0 Å². The van der Waals surface area contributed by atoms with Gasteiger partial charge in [-0.3, -0.25) is 0 Å². The van der Waals surface area contributed by atoms with E-state index in [0.29, 0.717) is 12.5 Å². The molecule has 0 saturated heterocycles. The molecule has 100 valence electrons. The smallest absolute Gasteiger partial charge is 0.404 e. The molecule has 3 N–H and O–H groups in total. The van der Waals surface area contributed by atoms with Crippen molar-refractivity contribution in [3.8, 4) is 0 Å². The molecule has 4 heteroatoms. The van der Waals surface area contributed by atoms with Crippen molar-refractivity contribution >= 4 is 6.09 Å². The van der Waals surface area contributed by atoms with Gasteiger partial charge in [0, 0.05) is 13.1 Å². The Bertz CT molecular complexity index is 361. The van der Waals surface area contributed by atoms with Crippen molar-refractivity contribution in [1.82, 2.24) is 10.6 Å². The van der Waals surface area contributed by atoms with E-state index in [1.807, 2.05) is 0 Å². The third kappa shape index (κ3) is 6.25. The maximum absolute atomic E-state index is 10.3. The molecular formula is C14H22N2O2. The topological polar surface area (TPSA) is 61.4 Å². The van der Waals surface area contributed by atoms with Crippen LogP contribution in [0.4, 0.5) is 4.79 Å². The van der Waals surface area contributed by atoms with Crippen LogP contribution in [0.3, 0.4) is 0 Å². The van der Waals surface area contributed by atoms with Crippen LogP contribution < -0.4 is 10.6 Å². The van der Waals surface area contributed by atoms with Crippen LogP contribution in [-0.2, 0) is 13.0 Å². The molecule has 4 nitrogen and oxygen atoms in total. The van der Waals surface area contributed by atoms with E-state index in [4.69, 9.17) is 5.11 Å². The van der Waals surface area contributed by atoms with Crippen molar-refractivity contribution < 1.29 is 9.90 Å². The first-order chi connectivity index (χ1) is 8.58. The van der Waals surface area contributed by atoms with Crippen LogP contribution >= 0.6 is 0 Å². The Morgan fingerprint density at radius 1 is 1.22 bits per heavy atom. The summed E-state index contributed by atoms with van der Waals surface area (Å²) in [5, 5.41) is 14.2. The Hall–Kier alpha value is -1.55. The Morgan fingerprint density at radius 3 is 2.39 bits per heavy atom. The average molecular weight is 250 g/mol. The molecule has 0 saturated carbocycles. The molecule has 0 aliphatic carbocycles. The molecule has 1 rings (SSSR count). The van der Waals surface area contributed by atoms with Crippen LogP contribution in [0.25, 0.3) is 0 Å². The highest BCUT2D eigenvalue weighted by atomic mass is 16.4. The van der Waals surface area contributed by atoms with Gasteiger partial charge in [0.05, 0.1) is 0 Å². The van der Waals surface area contributed by atoms with E-state index in [1.54, 1.807) is 0 Å². The molecule has 0 aliphatic rings. The fourth-order valence-corrected chi connectivity index (χ4v) is 1.64. The van der Waals surface area contributed by atoms with E-state index in [-0.39, 0.29) is 0 Å². The average Bonchev–Trinajstić information content (AvgIpc) is 2.30. The van der Waals surface area contributed by atoms with Gasteiger partial charge in [-0.1, -0.05) is 38.1 Å². The zero-order chi connectivity index (χ0) is 13.4. The molecule has 0 radical (unpaired) electrons. The summed E-state index contributed by atoms with van der Waals surface area (Å²) in [5.74, 6) is 0.659. The first-order valence-corrected chi connectivity index (χ1v) is 6.33. The molecule has 0 spiro atoms. The largest absolute Gasteiger partial charge is 0.465 e. The maximum Gasteiger partial charge on any atom is 0.404 e. The summed E-state index contributed by atoms with van der Waals surface area (Å²) >= 11 is 0. The summed E-state index contributed by atoms with van der Waals surface area (Å²) in [5.41, 5.74) is 2.40. The van der Waals surface area contributed by atoms with Crippen LogP contribution in [0, 0.1) is 5.92 Å². The lowest BCUT2D eigenvalue weighted by Crippen LogP contribution is -2.23. The third-order valence-corrected chi connectivity index (χ3v) is 2.59. The summed E-state index contributed by atoms with van der Waals surface area (Å²) in [6.07, 6.45) is -0.240. The fraction of sp³-hybridized carbons (Fsp3) is 0.500. The molecular weight excluding hydrogens is 228 g/mol. The van der Waals surface area contributed by atoms with Gasteiger partial charge in [-0.15, -0.1) is 0 Å². The molecule has 1 aromatic rings. The van der Waals surface area contributed by atoms with Crippen LogP contribution in [0.15, 0.2) is 24.3 Å². The predicted molar refractivity (Wildman–Crippen MR) is 72.7 cm³/mol. The minimum absolute atomic E-state index is 0.459. The summed E-state index contributed by atoms with van der Waals surface area (Å²) in [6.45, 7) is 6.73. The van der Waals surface area contributed by atoms with E-state index in [1.165, 1.54) is 5.56 Å². The monoisotopic (exact) mass is 250 g/mol. The van der Waals surface area contributed by atoms with Gasteiger partial charge in [-0.05, 0) is 30.0 Å². The summed E-state index contributed by atoms with van der Waals surface area (Å²) < 4.78 is 0. The summed E-state index contributed by atoms with van der Waals surface area (Å²) in [6, 6.07) is 8.28. The lowest BCUT2D eigenvalue weighted by molar-refractivity contribution is 0.194. The predicted octanol–water partition coefficient (Wildman–Crippen LogP) is 2.24. The van der Waals surface area contributed by atoms with Gasteiger partial charge in [0.1, 0.15) is 0 Å². The molecule has 0 bridgehead atoms. The van der Waals surface area contributed by atoms with E-state index >= 15 is 0 Å². The van der Waals surface area contributed by atoms with Crippen LogP contribution in [0.1, 0.15) is 25.0 Å². The molecule has 0 heterocycles. The van der Waals surface area contributed by atoms with Gasteiger partial charge in [-0.25, -0.2) is 4.79 Å². The number of amides is 1. The quantitative estimate of drug-likeness (QED) is 0.695. The van der Waals surface area contributed by atoms with Crippen molar-refractivity contribution in [3.63, 3.8) is 0 Å². The second-order valence-electron chi connectivity index (χ2n) is 4.82. The Labute approximate surface area is 108 Å². The number of benzene rings is 1. The number of nitrogens with one attached hydrogen (secondary N) is 2. The van der Waals surface area contributed by atoms with Gasteiger partial charge < -0.3 is 15.7 Å². The van der Waals surface area contributed by atoms with E-state index < -0.39 is 6.09 Å². The van der Waals surface area contributed by atoms with Crippen LogP contribution in [-0.4, -0.2) is 24.3 Å². The molecule has 0 unspecified atom stereocenters. The SMILES string of the molecule is CC(C)CNCc1ccc(CCNC(=O)O)cc1. The van der Waals surface area contributed by atoms with Gasteiger partial charge in [0.2, 0.25) is 0 Å². The van der Waals surface area contributed by atoms with E-state index in [9.17, 15) is 4.79 Å². The maximum atomic E-state index is 10.3. The molecule has 0 aliphatic heterocycles. The van der Waals surface area contributed by atoms with Crippen molar-refractivity contribution in [3.05, 3.63) is 35.4 Å². The van der Waals surface area contributed by atoms with E-state index in [0.717, 1.165) is 25.1 Å². The minimum Gasteiger partial charge on any atom is -0.465 e.